The molecular formula is C11H8ClNO2. The molecule has 0 bridgehead atoms. The van der Waals surface area contributed by atoms with Gasteiger partial charge in [-0.05, 0) is 19.1 Å². The first-order valence-electron chi connectivity index (χ1n) is 4.40. The number of benzene rings is 1. The van der Waals surface area contributed by atoms with Crippen molar-refractivity contribution >= 4 is 17.4 Å². The van der Waals surface area contributed by atoms with Crippen LogP contribution in [0.1, 0.15) is 21.7 Å². The first-order chi connectivity index (χ1) is 7.20. The first kappa shape index (κ1) is 9.93. The summed E-state index contributed by atoms with van der Waals surface area (Å²) in [5.41, 5.74) is 0.911. The lowest BCUT2D eigenvalue weighted by atomic mass is 10.0. The Hall–Kier alpha value is -1.61. The monoisotopic (exact) mass is 221 g/mol. The molecule has 0 saturated heterocycles. The zero-order valence-electron chi connectivity index (χ0n) is 8.03. The molecule has 0 amide bonds. The van der Waals surface area contributed by atoms with Crippen LogP contribution in [0.3, 0.4) is 0 Å². The molecule has 0 aliphatic rings. The van der Waals surface area contributed by atoms with Crippen molar-refractivity contribution < 1.29 is 9.32 Å². The minimum atomic E-state index is -0.167. The standard InChI is InChI=1S/C11H8ClNO2/c1-7-9(6-13-15-7)11(14)8-4-2-3-5-10(8)12/h2-6H,1H3. The highest BCUT2D eigenvalue weighted by Crippen LogP contribution is 2.20. The van der Waals surface area contributed by atoms with Crippen molar-refractivity contribution in [2.45, 2.75) is 6.92 Å². The third-order valence-corrected chi connectivity index (χ3v) is 2.44. The number of carbonyl (C=O) groups excluding carboxylic acids is 1. The van der Waals surface area contributed by atoms with Gasteiger partial charge in [-0.3, -0.25) is 4.79 Å². The summed E-state index contributed by atoms with van der Waals surface area (Å²) in [6.07, 6.45) is 1.40. The molecule has 1 heterocycles. The molecule has 0 N–H and O–H groups in total. The number of aromatic nitrogens is 1. The molecule has 0 fully saturated rings. The first-order valence-corrected chi connectivity index (χ1v) is 4.78. The largest absolute Gasteiger partial charge is 0.361 e. The van der Waals surface area contributed by atoms with E-state index in [0.717, 1.165) is 0 Å². The molecule has 15 heavy (non-hydrogen) atoms. The minimum absolute atomic E-state index is 0.167. The molecule has 0 aliphatic carbocycles. The lowest BCUT2D eigenvalue weighted by molar-refractivity contribution is 0.103. The molecule has 0 spiro atoms. The molecule has 4 heteroatoms. The smallest absolute Gasteiger partial charge is 0.199 e. The summed E-state index contributed by atoms with van der Waals surface area (Å²) >= 11 is 5.92. The van der Waals surface area contributed by atoms with Crippen molar-refractivity contribution in [2.75, 3.05) is 0 Å². The van der Waals surface area contributed by atoms with Crippen LogP contribution in [-0.2, 0) is 0 Å². The Bertz CT molecular complexity index is 505. The molecule has 1 aromatic heterocycles. The Morgan fingerprint density at radius 3 is 2.67 bits per heavy atom. The summed E-state index contributed by atoms with van der Waals surface area (Å²) in [6, 6.07) is 6.90. The van der Waals surface area contributed by atoms with Crippen LogP contribution < -0.4 is 0 Å². The average molecular weight is 222 g/mol. The van der Waals surface area contributed by atoms with Gasteiger partial charge in [-0.2, -0.15) is 0 Å². The van der Waals surface area contributed by atoms with Gasteiger partial charge >= 0.3 is 0 Å². The van der Waals surface area contributed by atoms with Crippen molar-refractivity contribution in [3.63, 3.8) is 0 Å². The van der Waals surface area contributed by atoms with Crippen LogP contribution >= 0.6 is 11.6 Å². The molecule has 3 nitrogen and oxygen atoms in total. The van der Waals surface area contributed by atoms with Crippen LogP contribution in [0, 0.1) is 6.92 Å². The SMILES string of the molecule is Cc1oncc1C(=O)c1ccccc1Cl. The van der Waals surface area contributed by atoms with Crippen molar-refractivity contribution in [1.29, 1.82) is 0 Å². The predicted molar refractivity (Wildman–Crippen MR) is 56.1 cm³/mol. The summed E-state index contributed by atoms with van der Waals surface area (Å²) < 4.78 is 4.83. The van der Waals surface area contributed by atoms with Crippen LogP contribution in [0.25, 0.3) is 0 Å². The zero-order valence-corrected chi connectivity index (χ0v) is 8.78. The highest BCUT2D eigenvalue weighted by Gasteiger charge is 2.16. The van der Waals surface area contributed by atoms with Crippen LogP contribution in [0.15, 0.2) is 35.0 Å². The van der Waals surface area contributed by atoms with Gasteiger partial charge in [-0.15, -0.1) is 0 Å². The second-order valence-electron chi connectivity index (χ2n) is 3.10. The summed E-state index contributed by atoms with van der Waals surface area (Å²) in [5.74, 6) is 0.333. The Balaban J connectivity index is 2.46. The number of aryl methyl sites for hydroxylation is 1. The average Bonchev–Trinajstić information content (AvgIpc) is 2.64. The molecule has 76 valence electrons. The van der Waals surface area contributed by atoms with Crippen LogP contribution in [0.4, 0.5) is 0 Å². The lowest BCUT2D eigenvalue weighted by Gasteiger charge is -2.00. The number of carbonyl (C=O) groups is 1. The summed E-state index contributed by atoms with van der Waals surface area (Å²) in [4.78, 5) is 12.0. The van der Waals surface area contributed by atoms with Gasteiger partial charge in [0.25, 0.3) is 0 Å². The van der Waals surface area contributed by atoms with E-state index in [1.807, 2.05) is 0 Å². The highest BCUT2D eigenvalue weighted by atomic mass is 35.5. The fraction of sp³-hybridized carbons (Fsp3) is 0.0909. The van der Waals surface area contributed by atoms with Crippen molar-refractivity contribution in [2.24, 2.45) is 0 Å². The second kappa shape index (κ2) is 3.87. The van der Waals surface area contributed by atoms with Crippen LogP contribution in [0.2, 0.25) is 5.02 Å². The quantitative estimate of drug-likeness (QED) is 0.733. The van der Waals surface area contributed by atoms with Gasteiger partial charge in [-0.1, -0.05) is 28.9 Å². The lowest BCUT2D eigenvalue weighted by Crippen LogP contribution is -2.02. The summed E-state index contributed by atoms with van der Waals surface area (Å²) in [7, 11) is 0. The molecule has 0 radical (unpaired) electrons. The Labute approximate surface area is 91.6 Å². The van der Waals surface area contributed by atoms with Crippen molar-refractivity contribution in [3.8, 4) is 0 Å². The fourth-order valence-electron chi connectivity index (χ4n) is 1.31. The molecule has 1 aromatic carbocycles. The van der Waals surface area contributed by atoms with E-state index in [-0.39, 0.29) is 5.78 Å². The third kappa shape index (κ3) is 1.78. The highest BCUT2D eigenvalue weighted by molar-refractivity contribution is 6.35. The van der Waals surface area contributed by atoms with Gasteiger partial charge in [0.15, 0.2) is 5.78 Å². The van der Waals surface area contributed by atoms with Gasteiger partial charge in [0.05, 0.1) is 16.8 Å². The molecule has 0 unspecified atom stereocenters. The Kier molecular flexibility index (Phi) is 2.56. The topological polar surface area (TPSA) is 43.1 Å². The van der Waals surface area contributed by atoms with Gasteiger partial charge < -0.3 is 4.52 Å². The number of hydrogen-bond acceptors (Lipinski definition) is 3. The van der Waals surface area contributed by atoms with E-state index < -0.39 is 0 Å². The normalized spacial score (nSPS) is 10.3. The molecule has 0 atom stereocenters. The van der Waals surface area contributed by atoms with Gasteiger partial charge in [0, 0.05) is 5.56 Å². The van der Waals surface area contributed by atoms with Gasteiger partial charge in [-0.25, -0.2) is 0 Å². The molecule has 0 saturated carbocycles. The van der Waals surface area contributed by atoms with E-state index >= 15 is 0 Å². The Morgan fingerprint density at radius 2 is 2.07 bits per heavy atom. The maximum absolute atomic E-state index is 12.0. The minimum Gasteiger partial charge on any atom is -0.361 e. The van der Waals surface area contributed by atoms with E-state index in [2.05, 4.69) is 5.16 Å². The Morgan fingerprint density at radius 1 is 1.33 bits per heavy atom. The third-order valence-electron chi connectivity index (χ3n) is 2.11. The molecule has 2 rings (SSSR count). The van der Waals surface area contributed by atoms with Crippen molar-refractivity contribution in [3.05, 3.63) is 52.4 Å². The number of hydrogen-bond donors (Lipinski definition) is 0. The summed E-state index contributed by atoms with van der Waals surface area (Å²) in [6.45, 7) is 1.69. The number of nitrogens with zero attached hydrogens (tertiary/aromatic N) is 1. The number of halogens is 1. The maximum atomic E-state index is 12.0. The van der Waals surface area contributed by atoms with Gasteiger partial charge in [0.1, 0.15) is 5.76 Å². The van der Waals surface area contributed by atoms with Crippen LogP contribution in [-0.4, -0.2) is 10.9 Å². The second-order valence-corrected chi connectivity index (χ2v) is 3.51. The maximum Gasteiger partial charge on any atom is 0.199 e. The number of rotatable bonds is 2. The van der Waals surface area contributed by atoms with Gasteiger partial charge in [0.2, 0.25) is 0 Å². The fourth-order valence-corrected chi connectivity index (χ4v) is 1.53. The summed E-state index contributed by atoms with van der Waals surface area (Å²) in [5, 5.41) is 3.99. The molecular weight excluding hydrogens is 214 g/mol. The van der Waals surface area contributed by atoms with E-state index in [4.69, 9.17) is 16.1 Å². The molecule has 0 aliphatic heterocycles. The zero-order chi connectivity index (χ0) is 10.8. The van der Waals surface area contributed by atoms with E-state index in [1.54, 1.807) is 31.2 Å². The number of ketones is 1. The van der Waals surface area contributed by atoms with E-state index in [9.17, 15) is 4.79 Å². The van der Waals surface area contributed by atoms with Crippen LogP contribution in [0.5, 0.6) is 0 Å². The predicted octanol–water partition coefficient (Wildman–Crippen LogP) is 2.87. The molecule has 2 aromatic rings. The van der Waals surface area contributed by atoms with E-state index in [1.165, 1.54) is 6.20 Å². The van der Waals surface area contributed by atoms with E-state index in [0.29, 0.717) is 21.9 Å². The van der Waals surface area contributed by atoms with Crippen molar-refractivity contribution in [1.82, 2.24) is 5.16 Å².